The highest BCUT2D eigenvalue weighted by atomic mass is 32.1. The Kier molecular flexibility index (Phi) is 7.71. The van der Waals surface area contributed by atoms with Crippen molar-refractivity contribution in [2.45, 2.75) is 58.9 Å². The molecular formula is C26H35N3O3S. The van der Waals surface area contributed by atoms with E-state index in [0.29, 0.717) is 29.8 Å². The zero-order valence-electron chi connectivity index (χ0n) is 20.0. The molecule has 1 amide bonds. The minimum atomic E-state index is -0.312. The molecule has 7 heteroatoms. The zero-order chi connectivity index (χ0) is 23.4. The Morgan fingerprint density at radius 1 is 1.12 bits per heavy atom. The van der Waals surface area contributed by atoms with Crippen LogP contribution < -0.4 is 10.2 Å². The minimum absolute atomic E-state index is 0.0621. The summed E-state index contributed by atoms with van der Waals surface area (Å²) in [5, 5.41) is 3.73. The summed E-state index contributed by atoms with van der Waals surface area (Å²) in [7, 11) is 0. The van der Waals surface area contributed by atoms with Crippen LogP contribution in [0, 0.1) is 6.92 Å². The van der Waals surface area contributed by atoms with Crippen molar-refractivity contribution in [3.63, 3.8) is 0 Å². The van der Waals surface area contributed by atoms with Crippen molar-refractivity contribution in [1.29, 1.82) is 0 Å². The number of benzene rings is 1. The Balaban J connectivity index is 1.41. The molecule has 1 unspecified atom stereocenters. The van der Waals surface area contributed by atoms with E-state index in [1.54, 1.807) is 11.3 Å². The lowest BCUT2D eigenvalue weighted by molar-refractivity contribution is -0.117. The lowest BCUT2D eigenvalue weighted by atomic mass is 10.1. The summed E-state index contributed by atoms with van der Waals surface area (Å²) < 4.78 is 5.34. The number of anilines is 2. The molecular weight excluding hydrogens is 434 g/mol. The van der Waals surface area contributed by atoms with Gasteiger partial charge in [0, 0.05) is 36.2 Å². The number of nitrogens with zero attached hydrogens (tertiary/aromatic N) is 2. The normalized spacial score (nSPS) is 19.0. The number of aryl methyl sites for hydroxylation is 2. The maximum Gasteiger partial charge on any atom is 0.341 e. The van der Waals surface area contributed by atoms with E-state index in [2.05, 4.69) is 53.2 Å². The van der Waals surface area contributed by atoms with Gasteiger partial charge in [-0.1, -0.05) is 24.1 Å². The van der Waals surface area contributed by atoms with Crippen LogP contribution in [0.5, 0.6) is 0 Å². The molecule has 4 rings (SSSR count). The van der Waals surface area contributed by atoms with Crippen LogP contribution in [-0.2, 0) is 22.4 Å². The van der Waals surface area contributed by atoms with Gasteiger partial charge in [0.15, 0.2) is 0 Å². The van der Waals surface area contributed by atoms with Gasteiger partial charge in [0.25, 0.3) is 0 Å². The molecule has 0 saturated carbocycles. The van der Waals surface area contributed by atoms with Crippen molar-refractivity contribution in [3.05, 3.63) is 45.8 Å². The summed E-state index contributed by atoms with van der Waals surface area (Å²) in [6.07, 6.45) is 5.24. The second-order valence-corrected chi connectivity index (χ2v) is 10.3. The molecule has 0 bridgehead atoms. The molecule has 1 aromatic heterocycles. The molecule has 2 aliphatic rings. The minimum Gasteiger partial charge on any atom is -0.462 e. The van der Waals surface area contributed by atoms with Crippen molar-refractivity contribution in [2.75, 3.05) is 43.0 Å². The maximum absolute atomic E-state index is 13.0. The molecule has 2 heterocycles. The molecule has 2 aromatic rings. The lowest BCUT2D eigenvalue weighted by Gasteiger charge is -2.41. The molecule has 1 aliphatic carbocycles. The Labute approximate surface area is 200 Å². The van der Waals surface area contributed by atoms with Gasteiger partial charge in [-0.25, -0.2) is 4.79 Å². The molecule has 6 nitrogen and oxygen atoms in total. The van der Waals surface area contributed by atoms with Crippen LogP contribution in [0.25, 0.3) is 0 Å². The van der Waals surface area contributed by atoms with Gasteiger partial charge in [-0.15, -0.1) is 11.3 Å². The summed E-state index contributed by atoms with van der Waals surface area (Å²) in [4.78, 5) is 31.5. The van der Waals surface area contributed by atoms with Gasteiger partial charge < -0.3 is 15.0 Å². The molecule has 0 spiro atoms. The molecule has 1 aromatic carbocycles. The number of piperazine rings is 1. The second-order valence-electron chi connectivity index (χ2n) is 9.15. The largest absolute Gasteiger partial charge is 0.462 e. The Hall–Kier alpha value is -2.38. The fourth-order valence-corrected chi connectivity index (χ4v) is 6.21. The van der Waals surface area contributed by atoms with Gasteiger partial charge in [-0.2, -0.15) is 0 Å². The summed E-state index contributed by atoms with van der Waals surface area (Å²) in [6, 6.07) is 8.96. The van der Waals surface area contributed by atoms with E-state index in [1.165, 1.54) is 22.5 Å². The van der Waals surface area contributed by atoms with E-state index in [0.717, 1.165) is 50.9 Å². The smallest absolute Gasteiger partial charge is 0.341 e. The number of thiophene rings is 1. The summed E-state index contributed by atoms with van der Waals surface area (Å²) >= 11 is 1.56. The van der Waals surface area contributed by atoms with Crippen molar-refractivity contribution in [3.8, 4) is 0 Å². The maximum atomic E-state index is 13.0. The number of hydrogen-bond donors (Lipinski definition) is 1. The van der Waals surface area contributed by atoms with Crippen LogP contribution in [0.2, 0.25) is 0 Å². The molecule has 1 saturated heterocycles. The highest BCUT2D eigenvalue weighted by molar-refractivity contribution is 7.17. The SMILES string of the molecule is CCOC(=O)c1c(NC(=O)CN2CCN(c3ccc(C)cc3)C(C)C2)sc2c1CCCCC2. The third-order valence-electron chi connectivity index (χ3n) is 6.60. The van der Waals surface area contributed by atoms with Gasteiger partial charge in [-0.3, -0.25) is 9.69 Å². The Morgan fingerprint density at radius 2 is 1.88 bits per heavy atom. The first-order valence-corrected chi connectivity index (χ1v) is 12.9. The summed E-state index contributed by atoms with van der Waals surface area (Å²) in [5.41, 5.74) is 4.17. The lowest BCUT2D eigenvalue weighted by Crippen LogP contribution is -2.53. The van der Waals surface area contributed by atoms with E-state index >= 15 is 0 Å². The van der Waals surface area contributed by atoms with Gasteiger partial charge in [0.2, 0.25) is 5.91 Å². The van der Waals surface area contributed by atoms with E-state index in [4.69, 9.17) is 4.74 Å². The monoisotopic (exact) mass is 469 g/mol. The number of amides is 1. The third kappa shape index (κ3) is 5.58. The predicted molar refractivity (Wildman–Crippen MR) is 135 cm³/mol. The Morgan fingerprint density at radius 3 is 2.61 bits per heavy atom. The average Bonchev–Trinajstić information content (AvgIpc) is 2.95. The first-order chi connectivity index (χ1) is 16.0. The zero-order valence-corrected chi connectivity index (χ0v) is 20.8. The van der Waals surface area contributed by atoms with Crippen molar-refractivity contribution in [1.82, 2.24) is 4.90 Å². The van der Waals surface area contributed by atoms with E-state index in [1.807, 2.05) is 6.92 Å². The van der Waals surface area contributed by atoms with Gasteiger partial charge in [-0.05, 0) is 64.2 Å². The molecule has 33 heavy (non-hydrogen) atoms. The molecule has 178 valence electrons. The average molecular weight is 470 g/mol. The number of carbonyl (C=O) groups is 2. The topological polar surface area (TPSA) is 61.9 Å². The molecule has 1 aliphatic heterocycles. The summed E-state index contributed by atoms with van der Waals surface area (Å²) in [5.74, 6) is -0.375. The quantitative estimate of drug-likeness (QED) is 0.493. The standard InChI is InChI=1S/C26H35N3O3S/c1-4-32-26(31)24-21-8-6-5-7-9-22(21)33-25(24)27-23(30)17-28-14-15-29(19(3)16-28)20-12-10-18(2)11-13-20/h10-13,19H,4-9,14-17H2,1-3H3,(H,27,30). The number of ether oxygens (including phenoxy) is 1. The number of esters is 1. The van der Waals surface area contributed by atoms with E-state index < -0.39 is 0 Å². The first kappa shape index (κ1) is 23.8. The van der Waals surface area contributed by atoms with Crippen molar-refractivity contribution < 1.29 is 14.3 Å². The Bertz CT molecular complexity index is 985. The molecule has 1 fully saturated rings. The van der Waals surface area contributed by atoms with Crippen LogP contribution in [0.15, 0.2) is 24.3 Å². The van der Waals surface area contributed by atoms with E-state index in [-0.39, 0.29) is 11.9 Å². The van der Waals surface area contributed by atoms with Gasteiger partial charge >= 0.3 is 5.97 Å². The van der Waals surface area contributed by atoms with Crippen molar-refractivity contribution in [2.24, 2.45) is 0 Å². The number of fused-ring (bicyclic) bond motifs is 1. The highest BCUT2D eigenvalue weighted by Gasteiger charge is 2.28. The highest BCUT2D eigenvalue weighted by Crippen LogP contribution is 2.38. The number of nitrogens with one attached hydrogen (secondary N) is 1. The fraction of sp³-hybridized carbons (Fsp3) is 0.538. The summed E-state index contributed by atoms with van der Waals surface area (Å²) in [6.45, 7) is 9.33. The van der Waals surface area contributed by atoms with Crippen LogP contribution in [0.3, 0.4) is 0 Å². The van der Waals surface area contributed by atoms with E-state index in [9.17, 15) is 9.59 Å². The van der Waals surface area contributed by atoms with Crippen LogP contribution in [0.4, 0.5) is 10.7 Å². The second kappa shape index (κ2) is 10.7. The number of rotatable bonds is 6. The van der Waals surface area contributed by atoms with Crippen LogP contribution in [-0.4, -0.2) is 55.6 Å². The first-order valence-electron chi connectivity index (χ1n) is 12.1. The van der Waals surface area contributed by atoms with Gasteiger partial charge in [0.1, 0.15) is 5.00 Å². The molecule has 0 radical (unpaired) electrons. The fourth-order valence-electron chi connectivity index (χ4n) is 4.92. The van der Waals surface area contributed by atoms with Crippen molar-refractivity contribution >= 4 is 33.9 Å². The van der Waals surface area contributed by atoms with Crippen LogP contribution in [0.1, 0.15) is 59.5 Å². The van der Waals surface area contributed by atoms with Gasteiger partial charge in [0.05, 0.1) is 18.7 Å². The molecule has 1 N–H and O–H groups in total. The molecule has 1 atom stereocenters. The third-order valence-corrected chi connectivity index (χ3v) is 7.81. The van der Waals surface area contributed by atoms with Crippen LogP contribution >= 0.6 is 11.3 Å². The number of hydrogen-bond acceptors (Lipinski definition) is 6. The predicted octanol–water partition coefficient (Wildman–Crippen LogP) is 4.65. The number of carbonyl (C=O) groups excluding carboxylic acids is 2.